The second kappa shape index (κ2) is 7.91. The van der Waals surface area contributed by atoms with Crippen molar-refractivity contribution in [2.75, 3.05) is 35.6 Å². The average Bonchev–Trinajstić information content (AvgIpc) is 2.33. The summed E-state index contributed by atoms with van der Waals surface area (Å²) in [6.07, 6.45) is -1.79. The van der Waals surface area contributed by atoms with Crippen LogP contribution in [-0.4, -0.2) is 68.2 Å². The van der Waals surface area contributed by atoms with Gasteiger partial charge in [-0.2, -0.15) is 15.0 Å². The first kappa shape index (κ1) is 17.3. The van der Waals surface area contributed by atoms with Crippen LogP contribution in [0.4, 0.5) is 17.8 Å². The van der Waals surface area contributed by atoms with Crippen molar-refractivity contribution in [2.45, 2.75) is 39.1 Å². The van der Waals surface area contributed by atoms with E-state index in [1.165, 1.54) is 0 Å². The standard InChI is InChI=1S/C12H24N6O3/c1-7(19)4-14-11-15-10(13)16-12(17-11)18(5-8(2)20)6-9(3)21/h7-9,19-21H,4-6H2,1-3H3,(H3,13,14,15,16,17). The van der Waals surface area contributed by atoms with E-state index < -0.39 is 18.3 Å². The van der Waals surface area contributed by atoms with Crippen molar-refractivity contribution in [3.8, 4) is 0 Å². The second-order valence-corrected chi connectivity index (χ2v) is 5.15. The van der Waals surface area contributed by atoms with E-state index in [1.807, 2.05) is 0 Å². The van der Waals surface area contributed by atoms with Crippen molar-refractivity contribution in [2.24, 2.45) is 0 Å². The van der Waals surface area contributed by atoms with E-state index in [-0.39, 0.29) is 37.5 Å². The summed E-state index contributed by atoms with van der Waals surface area (Å²) in [7, 11) is 0. The number of hydrogen-bond donors (Lipinski definition) is 5. The Morgan fingerprint density at radius 3 is 2.05 bits per heavy atom. The summed E-state index contributed by atoms with van der Waals surface area (Å²) in [6.45, 7) is 5.67. The van der Waals surface area contributed by atoms with E-state index in [0.717, 1.165) is 0 Å². The fourth-order valence-corrected chi connectivity index (χ4v) is 1.72. The third kappa shape index (κ3) is 6.52. The van der Waals surface area contributed by atoms with Crippen LogP contribution in [0.5, 0.6) is 0 Å². The van der Waals surface area contributed by atoms with E-state index in [9.17, 15) is 15.3 Å². The van der Waals surface area contributed by atoms with Gasteiger partial charge in [-0.1, -0.05) is 0 Å². The Labute approximate surface area is 123 Å². The zero-order valence-electron chi connectivity index (χ0n) is 12.6. The Morgan fingerprint density at radius 2 is 1.57 bits per heavy atom. The predicted molar refractivity (Wildman–Crippen MR) is 80.0 cm³/mol. The highest BCUT2D eigenvalue weighted by molar-refractivity contribution is 5.42. The molecule has 3 atom stereocenters. The number of aliphatic hydroxyl groups excluding tert-OH is 3. The van der Waals surface area contributed by atoms with Crippen molar-refractivity contribution in [1.82, 2.24) is 15.0 Å². The van der Waals surface area contributed by atoms with Crippen LogP contribution in [0.3, 0.4) is 0 Å². The molecular formula is C12H24N6O3. The lowest BCUT2D eigenvalue weighted by Gasteiger charge is -2.25. The summed E-state index contributed by atoms with van der Waals surface area (Å²) in [4.78, 5) is 13.8. The maximum Gasteiger partial charge on any atom is 0.232 e. The minimum absolute atomic E-state index is 0.0225. The highest BCUT2D eigenvalue weighted by Crippen LogP contribution is 2.13. The van der Waals surface area contributed by atoms with E-state index in [0.29, 0.717) is 0 Å². The molecule has 9 heteroatoms. The van der Waals surface area contributed by atoms with Gasteiger partial charge in [0.1, 0.15) is 0 Å². The number of aromatic nitrogens is 3. The first-order chi connectivity index (χ1) is 9.77. The Hall–Kier alpha value is -1.71. The SMILES string of the molecule is CC(O)CNc1nc(N)nc(N(CC(C)O)CC(C)O)n1. The molecular weight excluding hydrogens is 276 g/mol. The number of hydrogen-bond acceptors (Lipinski definition) is 9. The van der Waals surface area contributed by atoms with Gasteiger partial charge in [-0.3, -0.25) is 0 Å². The molecule has 0 radical (unpaired) electrons. The molecule has 0 saturated heterocycles. The average molecular weight is 300 g/mol. The monoisotopic (exact) mass is 300 g/mol. The van der Waals surface area contributed by atoms with Gasteiger partial charge in [0.05, 0.1) is 18.3 Å². The minimum atomic E-state index is -0.615. The second-order valence-electron chi connectivity index (χ2n) is 5.15. The lowest BCUT2D eigenvalue weighted by molar-refractivity contribution is 0.177. The number of anilines is 3. The smallest absolute Gasteiger partial charge is 0.232 e. The summed E-state index contributed by atoms with van der Waals surface area (Å²) in [5, 5.41) is 31.2. The van der Waals surface area contributed by atoms with E-state index in [2.05, 4.69) is 20.3 Å². The fourth-order valence-electron chi connectivity index (χ4n) is 1.72. The van der Waals surface area contributed by atoms with Crippen molar-refractivity contribution in [3.63, 3.8) is 0 Å². The molecule has 0 aliphatic carbocycles. The number of nitrogen functional groups attached to an aromatic ring is 1. The molecule has 0 saturated carbocycles. The zero-order valence-corrected chi connectivity index (χ0v) is 12.6. The van der Waals surface area contributed by atoms with Crippen LogP contribution in [0, 0.1) is 0 Å². The van der Waals surface area contributed by atoms with Gasteiger partial charge < -0.3 is 31.3 Å². The van der Waals surface area contributed by atoms with Crippen LogP contribution in [0.25, 0.3) is 0 Å². The van der Waals surface area contributed by atoms with Crippen LogP contribution in [0.2, 0.25) is 0 Å². The van der Waals surface area contributed by atoms with Crippen molar-refractivity contribution in [3.05, 3.63) is 0 Å². The molecule has 120 valence electrons. The van der Waals surface area contributed by atoms with Gasteiger partial charge in [-0.05, 0) is 20.8 Å². The van der Waals surface area contributed by atoms with Crippen LogP contribution < -0.4 is 16.0 Å². The van der Waals surface area contributed by atoms with Gasteiger partial charge in [-0.15, -0.1) is 0 Å². The molecule has 1 aromatic heterocycles. The minimum Gasteiger partial charge on any atom is -0.392 e. The highest BCUT2D eigenvalue weighted by atomic mass is 16.3. The summed E-state index contributed by atoms with van der Waals surface area (Å²) in [5.41, 5.74) is 5.65. The van der Waals surface area contributed by atoms with Crippen LogP contribution in [-0.2, 0) is 0 Å². The quantitative estimate of drug-likeness (QED) is 0.401. The molecule has 21 heavy (non-hydrogen) atoms. The largest absolute Gasteiger partial charge is 0.392 e. The van der Waals surface area contributed by atoms with Crippen molar-refractivity contribution < 1.29 is 15.3 Å². The molecule has 0 amide bonds. The lowest BCUT2D eigenvalue weighted by atomic mass is 10.3. The number of nitrogens with zero attached hydrogens (tertiary/aromatic N) is 4. The summed E-state index contributed by atoms with van der Waals surface area (Å²) in [5.74, 6) is 0.520. The summed E-state index contributed by atoms with van der Waals surface area (Å²) in [6, 6.07) is 0. The fraction of sp³-hybridized carbons (Fsp3) is 0.750. The van der Waals surface area contributed by atoms with Gasteiger partial charge >= 0.3 is 0 Å². The topological polar surface area (TPSA) is 141 Å². The maximum absolute atomic E-state index is 9.54. The van der Waals surface area contributed by atoms with Crippen LogP contribution in [0.1, 0.15) is 20.8 Å². The molecule has 0 aliphatic rings. The number of rotatable bonds is 8. The van der Waals surface area contributed by atoms with E-state index >= 15 is 0 Å². The summed E-state index contributed by atoms with van der Waals surface area (Å²) < 4.78 is 0. The molecule has 9 nitrogen and oxygen atoms in total. The predicted octanol–water partition coefficient (Wildman–Crippen LogP) is -1.19. The Bertz CT molecular complexity index is 431. The first-order valence-corrected chi connectivity index (χ1v) is 6.82. The number of nitrogens with one attached hydrogen (secondary N) is 1. The molecule has 1 heterocycles. The molecule has 0 aliphatic heterocycles. The normalized spacial score (nSPS) is 15.3. The molecule has 0 spiro atoms. The molecule has 0 bridgehead atoms. The lowest BCUT2D eigenvalue weighted by Crippen LogP contribution is -2.38. The molecule has 0 fully saturated rings. The van der Waals surface area contributed by atoms with Crippen molar-refractivity contribution >= 4 is 17.8 Å². The highest BCUT2D eigenvalue weighted by Gasteiger charge is 2.16. The Balaban J connectivity index is 2.95. The zero-order chi connectivity index (χ0) is 16.0. The van der Waals surface area contributed by atoms with Crippen LogP contribution >= 0.6 is 0 Å². The summed E-state index contributed by atoms with van der Waals surface area (Å²) >= 11 is 0. The van der Waals surface area contributed by atoms with E-state index in [1.54, 1.807) is 25.7 Å². The van der Waals surface area contributed by atoms with Gasteiger partial charge in [0.2, 0.25) is 17.8 Å². The Kier molecular flexibility index (Phi) is 6.53. The van der Waals surface area contributed by atoms with Gasteiger partial charge in [0, 0.05) is 19.6 Å². The van der Waals surface area contributed by atoms with Gasteiger partial charge in [0.25, 0.3) is 0 Å². The molecule has 1 rings (SSSR count). The number of aliphatic hydroxyl groups is 3. The molecule has 6 N–H and O–H groups in total. The van der Waals surface area contributed by atoms with Gasteiger partial charge in [0.15, 0.2) is 0 Å². The number of nitrogens with two attached hydrogens (primary N) is 1. The van der Waals surface area contributed by atoms with Gasteiger partial charge in [-0.25, -0.2) is 0 Å². The molecule has 0 aromatic carbocycles. The molecule has 3 unspecified atom stereocenters. The Morgan fingerprint density at radius 1 is 1.00 bits per heavy atom. The van der Waals surface area contributed by atoms with E-state index in [4.69, 9.17) is 5.73 Å². The third-order valence-electron chi connectivity index (χ3n) is 2.45. The van der Waals surface area contributed by atoms with Crippen molar-refractivity contribution in [1.29, 1.82) is 0 Å². The van der Waals surface area contributed by atoms with Crippen LogP contribution in [0.15, 0.2) is 0 Å². The third-order valence-corrected chi connectivity index (χ3v) is 2.45. The maximum atomic E-state index is 9.54. The first-order valence-electron chi connectivity index (χ1n) is 6.82. The molecule has 1 aromatic rings.